The van der Waals surface area contributed by atoms with Crippen LogP contribution in [0, 0.1) is 10.9 Å². The zero-order valence-corrected chi connectivity index (χ0v) is 14.2. The first kappa shape index (κ1) is 15.6. The van der Waals surface area contributed by atoms with Gasteiger partial charge in [-0.1, -0.05) is 29.8 Å². The van der Waals surface area contributed by atoms with Crippen LogP contribution in [0.5, 0.6) is 0 Å². The number of carbonyl (C=O) groups is 1. The number of rotatable bonds is 4. The zero-order valence-electron chi connectivity index (χ0n) is 12.5. The van der Waals surface area contributed by atoms with Crippen molar-refractivity contribution in [2.45, 2.75) is 13.5 Å². The molecule has 1 amide bonds. The van der Waals surface area contributed by atoms with E-state index in [2.05, 4.69) is 22.4 Å². The standard InChI is InChI=1S/C17H15N3OS2/c1-12-2-4-13(5-3-12)15-11-23-17(22)20(15)10-16(21)19-14-6-8-18-9-7-14/h2-9,11H,10H2,1H3,(H,18,19,21). The van der Waals surface area contributed by atoms with Crippen molar-refractivity contribution in [2.75, 3.05) is 5.32 Å². The molecule has 2 heterocycles. The summed E-state index contributed by atoms with van der Waals surface area (Å²) in [5.74, 6) is -0.112. The van der Waals surface area contributed by atoms with Crippen LogP contribution in [0.2, 0.25) is 0 Å². The molecule has 3 aromatic rings. The van der Waals surface area contributed by atoms with E-state index in [1.54, 1.807) is 24.5 Å². The molecular weight excluding hydrogens is 326 g/mol. The molecule has 23 heavy (non-hydrogen) atoms. The second-order valence-corrected chi connectivity index (χ2v) is 6.63. The van der Waals surface area contributed by atoms with Crippen molar-refractivity contribution in [3.8, 4) is 11.3 Å². The summed E-state index contributed by atoms with van der Waals surface area (Å²) in [5, 5.41) is 4.85. The van der Waals surface area contributed by atoms with Crippen LogP contribution in [0.25, 0.3) is 11.3 Å². The Labute approximate surface area is 143 Å². The lowest BCUT2D eigenvalue weighted by molar-refractivity contribution is -0.116. The summed E-state index contributed by atoms with van der Waals surface area (Å²) >= 11 is 6.84. The van der Waals surface area contributed by atoms with E-state index in [4.69, 9.17) is 12.2 Å². The fourth-order valence-electron chi connectivity index (χ4n) is 2.21. The number of hydrogen-bond acceptors (Lipinski definition) is 4. The van der Waals surface area contributed by atoms with Crippen molar-refractivity contribution in [2.24, 2.45) is 0 Å². The highest BCUT2D eigenvalue weighted by atomic mass is 32.1. The number of anilines is 1. The van der Waals surface area contributed by atoms with Crippen LogP contribution in [0.4, 0.5) is 5.69 Å². The molecule has 6 heteroatoms. The Hall–Kier alpha value is -2.31. The third-order valence-electron chi connectivity index (χ3n) is 3.40. The number of aryl methyl sites for hydroxylation is 1. The number of thiazole rings is 1. The highest BCUT2D eigenvalue weighted by Crippen LogP contribution is 2.24. The summed E-state index contributed by atoms with van der Waals surface area (Å²) in [6, 6.07) is 11.7. The number of aromatic nitrogens is 2. The Bertz CT molecular complexity index is 867. The first-order valence-corrected chi connectivity index (χ1v) is 8.37. The fourth-order valence-corrected chi connectivity index (χ4v) is 3.28. The molecule has 1 aromatic carbocycles. The number of pyridine rings is 1. The Balaban J connectivity index is 1.83. The van der Waals surface area contributed by atoms with Crippen LogP contribution < -0.4 is 5.32 Å². The number of hydrogen-bond donors (Lipinski definition) is 1. The summed E-state index contributed by atoms with van der Waals surface area (Å²) in [6.45, 7) is 2.24. The molecule has 3 rings (SSSR count). The normalized spacial score (nSPS) is 10.5. The van der Waals surface area contributed by atoms with E-state index in [9.17, 15) is 4.79 Å². The minimum atomic E-state index is -0.112. The van der Waals surface area contributed by atoms with Gasteiger partial charge in [0, 0.05) is 23.5 Å². The molecule has 0 atom stereocenters. The molecule has 0 fully saturated rings. The first-order valence-electron chi connectivity index (χ1n) is 7.09. The highest BCUT2D eigenvalue weighted by molar-refractivity contribution is 7.73. The summed E-state index contributed by atoms with van der Waals surface area (Å²) in [6.07, 6.45) is 3.28. The number of amides is 1. The number of nitrogens with zero attached hydrogens (tertiary/aromatic N) is 2. The molecule has 0 bridgehead atoms. The second-order valence-electron chi connectivity index (χ2n) is 5.12. The van der Waals surface area contributed by atoms with E-state index < -0.39 is 0 Å². The summed E-state index contributed by atoms with van der Waals surface area (Å²) in [7, 11) is 0. The fraction of sp³-hybridized carbons (Fsp3) is 0.118. The average molecular weight is 341 g/mol. The molecule has 0 spiro atoms. The maximum absolute atomic E-state index is 12.3. The summed E-state index contributed by atoms with van der Waals surface area (Å²) in [4.78, 5) is 16.2. The number of nitrogens with one attached hydrogen (secondary N) is 1. The quantitative estimate of drug-likeness (QED) is 0.720. The lowest BCUT2D eigenvalue weighted by atomic mass is 10.1. The molecule has 0 saturated carbocycles. The molecule has 0 radical (unpaired) electrons. The van der Waals surface area contributed by atoms with Crippen molar-refractivity contribution < 1.29 is 4.79 Å². The van der Waals surface area contributed by atoms with Crippen molar-refractivity contribution in [1.82, 2.24) is 9.55 Å². The number of benzene rings is 1. The Morgan fingerprint density at radius 2 is 1.91 bits per heavy atom. The van der Waals surface area contributed by atoms with Crippen molar-refractivity contribution in [3.63, 3.8) is 0 Å². The number of carbonyl (C=O) groups excluding carboxylic acids is 1. The molecule has 0 saturated heterocycles. The van der Waals surface area contributed by atoms with Crippen LogP contribution >= 0.6 is 23.6 Å². The Morgan fingerprint density at radius 1 is 1.22 bits per heavy atom. The third kappa shape index (κ3) is 3.72. The second kappa shape index (κ2) is 6.85. The predicted molar refractivity (Wildman–Crippen MR) is 96.2 cm³/mol. The lowest BCUT2D eigenvalue weighted by Crippen LogP contribution is -2.19. The van der Waals surface area contributed by atoms with Crippen LogP contribution in [-0.4, -0.2) is 15.5 Å². The predicted octanol–water partition coefficient (Wildman–Crippen LogP) is 4.29. The van der Waals surface area contributed by atoms with Gasteiger partial charge in [-0.15, -0.1) is 11.3 Å². The van der Waals surface area contributed by atoms with Gasteiger partial charge in [-0.05, 0) is 36.8 Å². The van der Waals surface area contributed by atoms with E-state index in [-0.39, 0.29) is 12.5 Å². The largest absolute Gasteiger partial charge is 0.324 e. The Kier molecular flexibility index (Phi) is 4.64. The van der Waals surface area contributed by atoms with Crippen LogP contribution in [0.15, 0.2) is 54.2 Å². The topological polar surface area (TPSA) is 46.9 Å². The molecule has 0 aliphatic carbocycles. The highest BCUT2D eigenvalue weighted by Gasteiger charge is 2.11. The maximum Gasteiger partial charge on any atom is 0.244 e. The summed E-state index contributed by atoms with van der Waals surface area (Å²) in [5.41, 5.74) is 3.94. The molecule has 0 aliphatic rings. The average Bonchev–Trinajstić information content (AvgIpc) is 2.90. The molecule has 0 unspecified atom stereocenters. The van der Waals surface area contributed by atoms with E-state index in [1.165, 1.54) is 16.9 Å². The van der Waals surface area contributed by atoms with Crippen LogP contribution in [0.1, 0.15) is 5.56 Å². The zero-order chi connectivity index (χ0) is 16.2. The smallest absolute Gasteiger partial charge is 0.244 e. The van der Waals surface area contributed by atoms with Crippen molar-refractivity contribution >= 4 is 35.1 Å². The van der Waals surface area contributed by atoms with Crippen molar-refractivity contribution in [3.05, 3.63) is 63.7 Å². The van der Waals surface area contributed by atoms with E-state index in [0.29, 0.717) is 3.95 Å². The first-order chi connectivity index (χ1) is 11.1. The van der Waals surface area contributed by atoms with Crippen LogP contribution in [-0.2, 0) is 11.3 Å². The molecular formula is C17H15N3OS2. The van der Waals surface area contributed by atoms with E-state index in [0.717, 1.165) is 16.9 Å². The minimum Gasteiger partial charge on any atom is -0.324 e. The Morgan fingerprint density at radius 3 is 2.61 bits per heavy atom. The van der Waals surface area contributed by atoms with Crippen molar-refractivity contribution in [1.29, 1.82) is 0 Å². The molecule has 4 nitrogen and oxygen atoms in total. The third-order valence-corrected chi connectivity index (χ3v) is 4.67. The van der Waals surface area contributed by atoms with Gasteiger partial charge in [-0.25, -0.2) is 0 Å². The lowest BCUT2D eigenvalue weighted by Gasteiger charge is -2.10. The summed E-state index contributed by atoms with van der Waals surface area (Å²) < 4.78 is 2.55. The van der Waals surface area contributed by atoms with Gasteiger partial charge in [-0.3, -0.25) is 9.78 Å². The van der Waals surface area contributed by atoms with Gasteiger partial charge in [-0.2, -0.15) is 0 Å². The molecule has 116 valence electrons. The van der Waals surface area contributed by atoms with Gasteiger partial charge in [0.25, 0.3) is 0 Å². The van der Waals surface area contributed by atoms with Gasteiger partial charge < -0.3 is 9.88 Å². The van der Waals surface area contributed by atoms with Gasteiger partial charge in [0.2, 0.25) is 5.91 Å². The van der Waals surface area contributed by atoms with Gasteiger partial charge >= 0.3 is 0 Å². The molecule has 2 aromatic heterocycles. The molecule has 0 aliphatic heterocycles. The SMILES string of the molecule is Cc1ccc(-c2csc(=S)n2CC(=O)Nc2ccncc2)cc1. The van der Waals surface area contributed by atoms with E-state index in [1.807, 2.05) is 29.0 Å². The van der Waals surface area contributed by atoms with E-state index >= 15 is 0 Å². The van der Waals surface area contributed by atoms with Gasteiger partial charge in [0.15, 0.2) is 3.95 Å². The van der Waals surface area contributed by atoms with Gasteiger partial charge in [0.05, 0.1) is 5.69 Å². The van der Waals surface area contributed by atoms with Gasteiger partial charge in [0.1, 0.15) is 6.54 Å². The monoisotopic (exact) mass is 341 g/mol. The van der Waals surface area contributed by atoms with Crippen LogP contribution in [0.3, 0.4) is 0 Å². The maximum atomic E-state index is 12.3. The minimum absolute atomic E-state index is 0.112. The molecule has 1 N–H and O–H groups in total.